The first kappa shape index (κ1) is 56.1. The highest BCUT2D eigenvalue weighted by Crippen LogP contribution is 2.29. The molecule has 1 aromatic carbocycles. The summed E-state index contributed by atoms with van der Waals surface area (Å²) in [6.07, 6.45) is 0.291. The molecule has 12 heteroatoms. The number of ether oxygens (including phenoxy) is 1. The van der Waals surface area contributed by atoms with E-state index in [1.54, 1.807) is 0 Å². The maximum Gasteiger partial charge on any atom is 0.388 e. The molecule has 0 saturated carbocycles. The van der Waals surface area contributed by atoms with Gasteiger partial charge in [-0.3, -0.25) is 14.9 Å². The van der Waals surface area contributed by atoms with Crippen LogP contribution in [-0.2, 0) is 14.3 Å². The lowest BCUT2D eigenvalue weighted by Crippen LogP contribution is -2.52. The Hall–Kier alpha value is -4.19. The van der Waals surface area contributed by atoms with Crippen molar-refractivity contribution in [2.24, 2.45) is 23.5 Å². The molecule has 1 aliphatic rings. The smallest absolute Gasteiger partial charge is 0.388 e. The molecule has 0 aliphatic carbocycles. The fourth-order valence-electron chi connectivity index (χ4n) is 5.34. The van der Waals surface area contributed by atoms with Gasteiger partial charge in [-0.25, -0.2) is 0 Å². The highest BCUT2D eigenvalue weighted by molar-refractivity contribution is 5.83. The van der Waals surface area contributed by atoms with Crippen LogP contribution in [0.4, 0.5) is 13.2 Å². The number of carbonyl (C=O) groups is 2. The molecule has 0 radical (unpaired) electrons. The van der Waals surface area contributed by atoms with E-state index in [4.69, 9.17) is 9.53 Å². The van der Waals surface area contributed by atoms with E-state index in [1.807, 2.05) is 63.8 Å². The number of nitrogens with zero attached hydrogens (tertiary/aromatic N) is 1. The lowest BCUT2D eigenvalue weighted by molar-refractivity contribution is -0.135. The molecule has 1 fully saturated rings. The molecule has 6 N–H and O–H groups in total. The number of nitrogens with one attached hydrogen (secondary N) is 4. The monoisotopic (exact) mass is 795 g/mol. The van der Waals surface area contributed by atoms with E-state index in [-0.39, 0.29) is 42.4 Å². The quantitative estimate of drug-likeness (QED) is 0.0461. The van der Waals surface area contributed by atoms with Crippen LogP contribution in [0.3, 0.4) is 0 Å². The van der Waals surface area contributed by atoms with E-state index in [0.717, 1.165) is 36.7 Å². The molecule has 56 heavy (non-hydrogen) atoms. The molecule has 1 saturated heterocycles. The van der Waals surface area contributed by atoms with E-state index in [9.17, 15) is 18.0 Å². The minimum Gasteiger partial charge on any atom is -0.474 e. The SMILES string of the molecule is C=C.C=CCNC(NC(=C)CC(C)C(C)NC(=C)C1C[C@@H](C)CN1C(=O)C(NC(=C)OC(C)(C)C)C(C)C)c1ccccc1.CCC.CCC(F)(F)F.NC=O. The Bertz CT molecular complexity index is 1270. The molecule has 1 heterocycles. The Morgan fingerprint density at radius 3 is 1.93 bits per heavy atom. The number of allylic oxidation sites excluding steroid dienone is 1. The molecule has 1 aromatic rings. The predicted octanol–water partition coefficient (Wildman–Crippen LogP) is 9.50. The van der Waals surface area contributed by atoms with Gasteiger partial charge in [-0.05, 0) is 70.4 Å². The van der Waals surface area contributed by atoms with Crippen molar-refractivity contribution in [1.82, 2.24) is 26.2 Å². The van der Waals surface area contributed by atoms with E-state index in [2.05, 4.69) is 113 Å². The van der Waals surface area contributed by atoms with Crippen molar-refractivity contribution in [3.63, 3.8) is 0 Å². The summed E-state index contributed by atoms with van der Waals surface area (Å²) in [5, 5.41) is 13.9. The molecule has 5 unspecified atom stereocenters. The first-order valence-electron chi connectivity index (χ1n) is 19.5. The average molecular weight is 795 g/mol. The van der Waals surface area contributed by atoms with Crippen molar-refractivity contribution in [2.45, 2.75) is 138 Å². The topological polar surface area (TPSA) is 121 Å². The van der Waals surface area contributed by atoms with Gasteiger partial charge >= 0.3 is 6.18 Å². The van der Waals surface area contributed by atoms with Crippen molar-refractivity contribution in [1.29, 1.82) is 0 Å². The second-order valence-electron chi connectivity index (χ2n) is 15.1. The summed E-state index contributed by atoms with van der Waals surface area (Å²) in [6.45, 7) is 45.9. The Morgan fingerprint density at radius 2 is 1.50 bits per heavy atom. The number of carbonyl (C=O) groups excluding carboxylic acids is 2. The zero-order valence-electron chi connectivity index (χ0n) is 36.5. The van der Waals surface area contributed by atoms with Crippen LogP contribution in [0, 0.1) is 17.8 Å². The number of hydrogen-bond acceptors (Lipinski definition) is 7. The summed E-state index contributed by atoms with van der Waals surface area (Å²) < 4.78 is 38.2. The van der Waals surface area contributed by atoms with Crippen LogP contribution in [0.25, 0.3) is 0 Å². The summed E-state index contributed by atoms with van der Waals surface area (Å²) in [6, 6.07) is 9.92. The van der Waals surface area contributed by atoms with Gasteiger partial charge in [0.25, 0.3) is 0 Å². The number of amides is 2. The normalized spacial score (nSPS) is 16.7. The van der Waals surface area contributed by atoms with Gasteiger partial charge in [-0.15, -0.1) is 19.7 Å². The number of nitrogens with two attached hydrogens (primary N) is 1. The molecule has 0 spiro atoms. The van der Waals surface area contributed by atoms with E-state index >= 15 is 0 Å². The third kappa shape index (κ3) is 25.8. The van der Waals surface area contributed by atoms with Crippen LogP contribution in [0.2, 0.25) is 0 Å². The van der Waals surface area contributed by atoms with Gasteiger partial charge in [0.05, 0.1) is 6.04 Å². The zero-order valence-corrected chi connectivity index (χ0v) is 36.5. The average Bonchev–Trinajstić information content (AvgIpc) is 3.51. The van der Waals surface area contributed by atoms with E-state index < -0.39 is 24.2 Å². The van der Waals surface area contributed by atoms with Crippen molar-refractivity contribution >= 4 is 12.3 Å². The van der Waals surface area contributed by atoms with Crippen LogP contribution in [0.1, 0.15) is 114 Å². The Morgan fingerprint density at radius 1 is 1.00 bits per heavy atom. The summed E-state index contributed by atoms with van der Waals surface area (Å²) >= 11 is 0. The minimum atomic E-state index is -3.96. The fourth-order valence-corrected chi connectivity index (χ4v) is 5.34. The second kappa shape index (κ2) is 30.0. The Kier molecular flexibility index (Phi) is 30.1. The summed E-state index contributed by atoms with van der Waals surface area (Å²) in [5.74, 6) is 1.20. The first-order valence-corrected chi connectivity index (χ1v) is 19.5. The number of benzene rings is 1. The molecule has 322 valence electrons. The van der Waals surface area contributed by atoms with Crippen LogP contribution < -0.4 is 27.0 Å². The third-order valence-electron chi connectivity index (χ3n) is 8.06. The predicted molar refractivity (Wildman–Crippen MR) is 230 cm³/mol. The van der Waals surface area contributed by atoms with Gasteiger partial charge < -0.3 is 31.3 Å². The molecule has 9 nitrogen and oxygen atoms in total. The maximum absolute atomic E-state index is 13.9. The minimum absolute atomic E-state index is 0.0472. The summed E-state index contributed by atoms with van der Waals surface area (Å²) in [4.78, 5) is 24.4. The second-order valence-corrected chi connectivity index (χ2v) is 15.1. The molecular weight excluding hydrogens is 718 g/mol. The number of primary amides is 1. The number of hydrogen-bond donors (Lipinski definition) is 5. The van der Waals surface area contributed by atoms with E-state index in [1.165, 1.54) is 6.42 Å². The largest absolute Gasteiger partial charge is 0.474 e. The number of likely N-dealkylation sites (tertiary alicyclic amines) is 1. The number of rotatable bonds is 17. The number of halogens is 3. The molecule has 2 amide bonds. The molecule has 2 rings (SSSR count). The lowest BCUT2D eigenvalue weighted by atomic mass is 9.96. The van der Waals surface area contributed by atoms with Crippen LogP contribution in [-0.4, -0.2) is 60.2 Å². The lowest BCUT2D eigenvalue weighted by Gasteiger charge is -2.35. The first-order chi connectivity index (χ1) is 26.0. The Balaban J connectivity index is -0.00000173. The van der Waals surface area contributed by atoms with Gasteiger partial charge in [0.2, 0.25) is 12.3 Å². The standard InChI is InChI=1S/C35H57N5O2.C3H5F3.C3H8.C2H4.CH3NO/c1-13-19-36-33(30-17-15-14-16-18-30)37-26(6)21-25(5)27(7)38-28(8)31-20-24(4)22-40(31)34(41)32(23(2)3)39-29(9)42-35(10,11)12;1-2-3(4,5)6;1-3-2;1-2;2-1-3/h13-18,23-25,27,31-33,36-39H,1,6,8-9,19-22H2,2-5,7,10-12H3;2H2,1H3;3H2,1-2H3;1-2H2;1H,(H2,2,3)/t24-,25?,27?,31?,32?,33?;;;;/m1..../s1. The highest BCUT2D eigenvalue weighted by Gasteiger charge is 2.39. The van der Waals surface area contributed by atoms with Crippen molar-refractivity contribution in [2.75, 3.05) is 13.1 Å². The molecule has 0 aromatic heterocycles. The molecule has 0 bridgehead atoms. The van der Waals surface area contributed by atoms with Crippen molar-refractivity contribution < 1.29 is 27.5 Å². The summed E-state index contributed by atoms with van der Waals surface area (Å²) in [7, 11) is 0. The van der Waals surface area contributed by atoms with Gasteiger partial charge in [0.15, 0.2) is 5.88 Å². The van der Waals surface area contributed by atoms with Crippen LogP contribution in [0.15, 0.2) is 93.2 Å². The van der Waals surface area contributed by atoms with Crippen molar-refractivity contribution in [3.05, 3.63) is 98.7 Å². The Labute approximate surface area is 338 Å². The van der Waals surface area contributed by atoms with Gasteiger partial charge in [-0.2, -0.15) is 13.2 Å². The van der Waals surface area contributed by atoms with Crippen molar-refractivity contribution in [3.8, 4) is 0 Å². The van der Waals surface area contributed by atoms with Crippen LogP contribution in [0.5, 0.6) is 0 Å². The van der Waals surface area contributed by atoms with Gasteiger partial charge in [0, 0.05) is 36.9 Å². The van der Waals surface area contributed by atoms with E-state index in [0.29, 0.717) is 24.9 Å². The molecule has 1 aliphatic heterocycles. The maximum atomic E-state index is 13.9. The number of alkyl halides is 3. The highest BCUT2D eigenvalue weighted by atomic mass is 19.4. The molecule has 6 atom stereocenters. The third-order valence-corrected chi connectivity index (χ3v) is 8.06. The summed E-state index contributed by atoms with van der Waals surface area (Å²) in [5.41, 5.74) is 6.76. The zero-order chi connectivity index (χ0) is 44.2. The van der Waals surface area contributed by atoms with Gasteiger partial charge in [0.1, 0.15) is 17.8 Å². The van der Waals surface area contributed by atoms with Crippen LogP contribution >= 0.6 is 0 Å². The van der Waals surface area contributed by atoms with Gasteiger partial charge in [-0.1, -0.05) is 104 Å². The molecular formula is C44H77F3N6O3. The fraction of sp³-hybridized carbons (Fsp3) is 0.591.